The van der Waals surface area contributed by atoms with E-state index in [1.54, 1.807) is 12.1 Å². The van der Waals surface area contributed by atoms with Crippen LogP contribution in [0, 0.1) is 5.41 Å². The third kappa shape index (κ3) is 2.97. The fraction of sp³-hybridized carbons (Fsp3) is 0.500. The molecule has 1 aliphatic rings. The Morgan fingerprint density at radius 3 is 2.74 bits per heavy atom. The van der Waals surface area contributed by atoms with Crippen LogP contribution in [0.1, 0.15) is 13.3 Å². The summed E-state index contributed by atoms with van der Waals surface area (Å²) in [5.41, 5.74) is 5.58. The molecular weight excluding hydrogens is 352 g/mol. The topological polar surface area (TPSA) is 63.4 Å². The molecule has 0 amide bonds. The highest BCUT2D eigenvalue weighted by Crippen LogP contribution is 2.35. The Hall–Kier alpha value is -0.140. The van der Waals surface area contributed by atoms with E-state index in [0.717, 1.165) is 6.42 Å². The molecule has 0 saturated carbocycles. The standard InChI is InChI=1S/C12H16BrClN2O2S/c1-12(7-15)4-5-16(8-12)19(17,18)11-3-2-9(14)6-10(11)13/h2-3,6H,4-5,7-8,15H2,1H3. The van der Waals surface area contributed by atoms with Crippen molar-refractivity contribution in [3.05, 3.63) is 27.7 Å². The van der Waals surface area contributed by atoms with Gasteiger partial charge >= 0.3 is 0 Å². The maximum Gasteiger partial charge on any atom is 0.244 e. The summed E-state index contributed by atoms with van der Waals surface area (Å²) >= 11 is 9.10. The van der Waals surface area contributed by atoms with E-state index in [2.05, 4.69) is 15.9 Å². The highest BCUT2D eigenvalue weighted by atomic mass is 79.9. The number of sulfonamides is 1. The second kappa shape index (κ2) is 5.33. The molecule has 19 heavy (non-hydrogen) atoms. The zero-order valence-electron chi connectivity index (χ0n) is 10.6. The molecule has 1 aliphatic heterocycles. The van der Waals surface area contributed by atoms with Crippen LogP contribution < -0.4 is 5.73 Å². The van der Waals surface area contributed by atoms with E-state index in [1.807, 2.05) is 6.92 Å². The average Bonchev–Trinajstić information content (AvgIpc) is 2.73. The predicted octanol–water partition coefficient (Wildman–Crippen LogP) is 2.46. The predicted molar refractivity (Wildman–Crippen MR) is 79.7 cm³/mol. The third-order valence-corrected chi connectivity index (χ3v) is 6.58. The van der Waals surface area contributed by atoms with Crippen LogP contribution in [-0.2, 0) is 10.0 Å². The molecule has 0 spiro atoms. The van der Waals surface area contributed by atoms with Gasteiger partial charge in [-0.3, -0.25) is 0 Å². The molecule has 0 aromatic heterocycles. The Labute approximate surface area is 127 Å². The second-order valence-corrected chi connectivity index (χ2v) is 8.38. The zero-order valence-corrected chi connectivity index (χ0v) is 13.7. The summed E-state index contributed by atoms with van der Waals surface area (Å²) in [7, 11) is -3.50. The molecule has 1 aromatic rings. The normalized spacial score (nSPS) is 24.8. The molecule has 0 radical (unpaired) electrons. The smallest absolute Gasteiger partial charge is 0.244 e. The molecule has 1 heterocycles. The fourth-order valence-corrected chi connectivity index (χ4v) is 5.11. The molecule has 1 fully saturated rings. The number of rotatable bonds is 3. The van der Waals surface area contributed by atoms with E-state index < -0.39 is 10.0 Å². The number of halogens is 2. The lowest BCUT2D eigenvalue weighted by atomic mass is 9.90. The molecule has 1 unspecified atom stereocenters. The molecule has 2 N–H and O–H groups in total. The highest BCUT2D eigenvalue weighted by molar-refractivity contribution is 9.10. The van der Waals surface area contributed by atoms with E-state index in [9.17, 15) is 8.42 Å². The zero-order chi connectivity index (χ0) is 14.3. The average molecular weight is 368 g/mol. The van der Waals surface area contributed by atoms with Crippen LogP contribution in [0.25, 0.3) is 0 Å². The van der Waals surface area contributed by atoms with Crippen molar-refractivity contribution in [3.8, 4) is 0 Å². The Balaban J connectivity index is 2.34. The number of hydrogen-bond acceptors (Lipinski definition) is 3. The molecule has 4 nitrogen and oxygen atoms in total. The van der Waals surface area contributed by atoms with Crippen molar-refractivity contribution in [1.82, 2.24) is 4.31 Å². The first kappa shape index (κ1) is 15.3. The first-order valence-corrected chi connectivity index (χ1v) is 8.55. The quantitative estimate of drug-likeness (QED) is 0.892. The van der Waals surface area contributed by atoms with Gasteiger partial charge in [0.15, 0.2) is 0 Å². The maximum absolute atomic E-state index is 12.6. The van der Waals surface area contributed by atoms with Gasteiger partial charge in [0.25, 0.3) is 0 Å². The Kier molecular flexibility index (Phi) is 4.28. The highest BCUT2D eigenvalue weighted by Gasteiger charge is 2.39. The lowest BCUT2D eigenvalue weighted by Crippen LogP contribution is -2.34. The van der Waals surface area contributed by atoms with Crippen molar-refractivity contribution in [2.24, 2.45) is 11.1 Å². The molecule has 1 atom stereocenters. The molecular formula is C12H16BrClN2O2S. The Morgan fingerprint density at radius 2 is 2.21 bits per heavy atom. The van der Waals surface area contributed by atoms with E-state index in [0.29, 0.717) is 29.1 Å². The number of benzene rings is 1. The van der Waals surface area contributed by atoms with Crippen LogP contribution in [0.15, 0.2) is 27.6 Å². The van der Waals surface area contributed by atoms with Crippen LogP contribution in [0.5, 0.6) is 0 Å². The van der Waals surface area contributed by atoms with E-state index in [4.69, 9.17) is 17.3 Å². The maximum atomic E-state index is 12.6. The van der Waals surface area contributed by atoms with Gasteiger partial charge in [0.1, 0.15) is 0 Å². The summed E-state index contributed by atoms with van der Waals surface area (Å²) in [6.45, 7) is 3.46. The SMILES string of the molecule is CC1(CN)CCN(S(=O)(=O)c2ccc(Cl)cc2Br)C1. The minimum absolute atomic E-state index is 0.133. The first-order chi connectivity index (χ1) is 8.78. The van der Waals surface area contributed by atoms with Crippen LogP contribution in [0.3, 0.4) is 0 Å². The summed E-state index contributed by atoms with van der Waals surface area (Å²) < 4.78 is 27.1. The van der Waals surface area contributed by atoms with Crippen molar-refractivity contribution in [3.63, 3.8) is 0 Å². The van der Waals surface area contributed by atoms with Crippen LogP contribution in [0.4, 0.5) is 0 Å². The van der Waals surface area contributed by atoms with Gasteiger partial charge in [-0.15, -0.1) is 0 Å². The number of nitrogens with zero attached hydrogens (tertiary/aromatic N) is 1. The van der Waals surface area contributed by atoms with Gasteiger partial charge in [-0.2, -0.15) is 4.31 Å². The van der Waals surface area contributed by atoms with Crippen molar-refractivity contribution in [1.29, 1.82) is 0 Å². The summed E-state index contributed by atoms with van der Waals surface area (Å²) in [4.78, 5) is 0.248. The van der Waals surface area contributed by atoms with Crippen molar-refractivity contribution in [2.75, 3.05) is 19.6 Å². The molecule has 7 heteroatoms. The van der Waals surface area contributed by atoms with Gasteiger partial charge in [-0.05, 0) is 52.5 Å². The third-order valence-electron chi connectivity index (χ3n) is 3.53. The summed E-state index contributed by atoms with van der Waals surface area (Å²) in [5.74, 6) is 0. The lowest BCUT2D eigenvalue weighted by Gasteiger charge is -2.22. The monoisotopic (exact) mass is 366 g/mol. The summed E-state index contributed by atoms with van der Waals surface area (Å²) in [5, 5.41) is 0.499. The fourth-order valence-electron chi connectivity index (χ4n) is 2.17. The van der Waals surface area contributed by atoms with Gasteiger partial charge in [-0.1, -0.05) is 18.5 Å². The van der Waals surface area contributed by atoms with Crippen molar-refractivity contribution < 1.29 is 8.42 Å². The Morgan fingerprint density at radius 1 is 1.53 bits per heavy atom. The molecule has 1 aromatic carbocycles. The van der Waals surface area contributed by atoms with E-state index in [-0.39, 0.29) is 10.3 Å². The Bertz CT molecular complexity index is 593. The second-order valence-electron chi connectivity index (χ2n) is 5.18. The van der Waals surface area contributed by atoms with Crippen LogP contribution >= 0.6 is 27.5 Å². The van der Waals surface area contributed by atoms with Crippen LogP contribution in [0.2, 0.25) is 5.02 Å². The number of hydrogen-bond donors (Lipinski definition) is 1. The minimum atomic E-state index is -3.50. The largest absolute Gasteiger partial charge is 0.330 e. The van der Waals surface area contributed by atoms with Crippen molar-refractivity contribution in [2.45, 2.75) is 18.2 Å². The van der Waals surface area contributed by atoms with Gasteiger partial charge < -0.3 is 5.73 Å². The molecule has 0 aliphatic carbocycles. The van der Waals surface area contributed by atoms with Crippen LogP contribution in [-0.4, -0.2) is 32.4 Å². The summed E-state index contributed by atoms with van der Waals surface area (Å²) in [6, 6.07) is 4.70. The molecule has 1 saturated heterocycles. The number of nitrogens with two attached hydrogens (primary N) is 1. The van der Waals surface area contributed by atoms with Gasteiger partial charge in [0, 0.05) is 22.6 Å². The van der Waals surface area contributed by atoms with E-state index >= 15 is 0 Å². The first-order valence-electron chi connectivity index (χ1n) is 5.94. The van der Waals surface area contributed by atoms with E-state index in [1.165, 1.54) is 10.4 Å². The van der Waals surface area contributed by atoms with Gasteiger partial charge in [-0.25, -0.2) is 8.42 Å². The molecule has 106 valence electrons. The lowest BCUT2D eigenvalue weighted by molar-refractivity contribution is 0.349. The summed E-state index contributed by atoms with van der Waals surface area (Å²) in [6.07, 6.45) is 0.786. The molecule has 0 bridgehead atoms. The minimum Gasteiger partial charge on any atom is -0.330 e. The van der Waals surface area contributed by atoms with Crippen molar-refractivity contribution >= 4 is 37.6 Å². The molecule has 2 rings (SSSR count). The van der Waals surface area contributed by atoms with Gasteiger partial charge in [0.2, 0.25) is 10.0 Å². The van der Waals surface area contributed by atoms with Gasteiger partial charge in [0.05, 0.1) is 4.90 Å².